The van der Waals surface area contributed by atoms with Gasteiger partial charge in [-0.15, -0.1) is 0 Å². The fourth-order valence-electron chi connectivity index (χ4n) is 2.66. The summed E-state index contributed by atoms with van der Waals surface area (Å²) < 4.78 is 7.14. The standard InChI is InChI=1S/C15H20N6O2/c1-10-8-13(16-2)19-14(18-10)12-9-23-7-6-21(12)15(22)11-4-5-17-20(11)3/h4-5,8,12H,6-7,9H2,1-3H3,(H,16,18,19)/t12-/m1/s1. The number of ether oxygens (including phenoxy) is 1. The molecule has 0 aliphatic carbocycles. The Morgan fingerprint density at radius 1 is 1.43 bits per heavy atom. The summed E-state index contributed by atoms with van der Waals surface area (Å²) in [4.78, 5) is 23.6. The first kappa shape index (κ1) is 15.4. The average molecular weight is 316 g/mol. The smallest absolute Gasteiger partial charge is 0.272 e. The van der Waals surface area contributed by atoms with Crippen molar-refractivity contribution in [2.24, 2.45) is 7.05 Å². The van der Waals surface area contributed by atoms with Crippen LogP contribution in [0.3, 0.4) is 0 Å². The Kier molecular flexibility index (Phi) is 4.24. The van der Waals surface area contributed by atoms with Crippen LogP contribution in [0.2, 0.25) is 0 Å². The Morgan fingerprint density at radius 2 is 2.26 bits per heavy atom. The van der Waals surface area contributed by atoms with Crippen LogP contribution in [-0.2, 0) is 11.8 Å². The molecule has 1 amide bonds. The van der Waals surface area contributed by atoms with Gasteiger partial charge in [0.25, 0.3) is 5.91 Å². The van der Waals surface area contributed by atoms with E-state index in [1.54, 1.807) is 28.9 Å². The third-order valence-corrected chi connectivity index (χ3v) is 3.86. The Bertz CT molecular complexity index is 714. The molecular formula is C15H20N6O2. The van der Waals surface area contributed by atoms with Crippen LogP contribution in [0.5, 0.6) is 0 Å². The van der Waals surface area contributed by atoms with Crippen LogP contribution in [0.25, 0.3) is 0 Å². The summed E-state index contributed by atoms with van der Waals surface area (Å²) >= 11 is 0. The highest BCUT2D eigenvalue weighted by atomic mass is 16.5. The molecule has 122 valence electrons. The lowest BCUT2D eigenvalue weighted by molar-refractivity contribution is -0.00578. The molecule has 1 aliphatic heterocycles. The summed E-state index contributed by atoms with van der Waals surface area (Å²) in [6.45, 7) is 3.30. The highest BCUT2D eigenvalue weighted by molar-refractivity contribution is 5.92. The van der Waals surface area contributed by atoms with Gasteiger partial charge in [-0.05, 0) is 13.0 Å². The highest BCUT2D eigenvalue weighted by Gasteiger charge is 2.32. The molecule has 2 aromatic heterocycles. The van der Waals surface area contributed by atoms with Gasteiger partial charge in [0.05, 0.1) is 13.2 Å². The van der Waals surface area contributed by atoms with Gasteiger partial charge >= 0.3 is 0 Å². The van der Waals surface area contributed by atoms with Gasteiger partial charge in [-0.3, -0.25) is 9.48 Å². The van der Waals surface area contributed by atoms with E-state index in [4.69, 9.17) is 4.74 Å². The molecule has 1 atom stereocenters. The second-order valence-electron chi connectivity index (χ2n) is 5.43. The maximum atomic E-state index is 12.8. The molecule has 0 spiro atoms. The lowest BCUT2D eigenvalue weighted by atomic mass is 10.2. The van der Waals surface area contributed by atoms with Gasteiger partial charge in [-0.2, -0.15) is 5.10 Å². The van der Waals surface area contributed by atoms with E-state index in [1.165, 1.54) is 0 Å². The van der Waals surface area contributed by atoms with Crippen LogP contribution < -0.4 is 5.32 Å². The van der Waals surface area contributed by atoms with Crippen LogP contribution in [0, 0.1) is 6.92 Å². The van der Waals surface area contributed by atoms with E-state index in [-0.39, 0.29) is 11.9 Å². The molecule has 1 fully saturated rings. The van der Waals surface area contributed by atoms with Crippen molar-refractivity contribution in [3.63, 3.8) is 0 Å². The lowest BCUT2D eigenvalue weighted by Crippen LogP contribution is -2.44. The molecule has 2 aromatic rings. The number of hydrogen-bond donors (Lipinski definition) is 1. The second-order valence-corrected chi connectivity index (χ2v) is 5.43. The van der Waals surface area contributed by atoms with E-state index in [1.807, 2.05) is 20.0 Å². The monoisotopic (exact) mass is 316 g/mol. The molecule has 0 aromatic carbocycles. The number of aryl methyl sites for hydroxylation is 2. The van der Waals surface area contributed by atoms with Crippen LogP contribution in [0.15, 0.2) is 18.3 Å². The SMILES string of the molecule is CNc1cc(C)nc([C@H]2COCCN2C(=O)c2ccnn2C)n1. The van der Waals surface area contributed by atoms with E-state index in [9.17, 15) is 4.79 Å². The summed E-state index contributed by atoms with van der Waals surface area (Å²) in [7, 11) is 3.56. The fourth-order valence-corrected chi connectivity index (χ4v) is 2.66. The fraction of sp³-hybridized carbons (Fsp3) is 0.467. The Morgan fingerprint density at radius 3 is 2.96 bits per heavy atom. The molecule has 0 saturated carbocycles. The molecular weight excluding hydrogens is 296 g/mol. The summed E-state index contributed by atoms with van der Waals surface area (Å²) in [6, 6.07) is 3.27. The number of carbonyl (C=O) groups is 1. The van der Waals surface area contributed by atoms with Gasteiger partial charge < -0.3 is 15.0 Å². The maximum Gasteiger partial charge on any atom is 0.272 e. The molecule has 3 rings (SSSR count). The average Bonchev–Trinajstić information content (AvgIpc) is 2.99. The van der Waals surface area contributed by atoms with Crippen molar-refractivity contribution in [2.45, 2.75) is 13.0 Å². The molecule has 1 N–H and O–H groups in total. The zero-order valence-corrected chi connectivity index (χ0v) is 13.5. The number of amides is 1. The van der Waals surface area contributed by atoms with Gasteiger partial charge in [0, 0.05) is 38.6 Å². The van der Waals surface area contributed by atoms with Crippen LogP contribution in [0.1, 0.15) is 28.0 Å². The number of carbonyl (C=O) groups excluding carboxylic acids is 1. The van der Waals surface area contributed by atoms with Crippen LogP contribution >= 0.6 is 0 Å². The molecule has 23 heavy (non-hydrogen) atoms. The molecule has 0 radical (unpaired) electrons. The zero-order valence-electron chi connectivity index (χ0n) is 13.5. The first-order valence-electron chi connectivity index (χ1n) is 7.50. The van der Waals surface area contributed by atoms with Gasteiger partial charge in [0.2, 0.25) is 0 Å². The Balaban J connectivity index is 1.94. The minimum atomic E-state index is -0.307. The predicted molar refractivity (Wildman–Crippen MR) is 84.1 cm³/mol. The summed E-state index contributed by atoms with van der Waals surface area (Å²) in [6.07, 6.45) is 1.62. The Hall–Kier alpha value is -2.48. The van der Waals surface area contributed by atoms with Crippen LogP contribution in [0.4, 0.5) is 5.82 Å². The minimum Gasteiger partial charge on any atom is -0.377 e. The number of aromatic nitrogens is 4. The van der Waals surface area contributed by atoms with Crippen molar-refractivity contribution in [2.75, 3.05) is 32.1 Å². The topological polar surface area (TPSA) is 85.2 Å². The molecule has 8 nitrogen and oxygen atoms in total. The predicted octanol–water partition coefficient (Wildman–Crippen LogP) is 0.774. The molecule has 0 bridgehead atoms. The van der Waals surface area contributed by atoms with Crippen LogP contribution in [-0.4, -0.2) is 57.4 Å². The van der Waals surface area contributed by atoms with Crippen molar-refractivity contribution in [1.82, 2.24) is 24.6 Å². The number of nitrogens with one attached hydrogen (secondary N) is 1. The quantitative estimate of drug-likeness (QED) is 0.900. The van der Waals surface area contributed by atoms with Gasteiger partial charge in [0.15, 0.2) is 5.82 Å². The third-order valence-electron chi connectivity index (χ3n) is 3.86. The first-order chi connectivity index (χ1) is 11.1. The van der Waals surface area contributed by atoms with Crippen molar-refractivity contribution in [1.29, 1.82) is 0 Å². The molecule has 1 aliphatic rings. The number of anilines is 1. The number of rotatable bonds is 3. The van der Waals surface area contributed by atoms with E-state index in [2.05, 4.69) is 20.4 Å². The summed E-state index contributed by atoms with van der Waals surface area (Å²) in [5.41, 5.74) is 1.39. The number of hydrogen-bond acceptors (Lipinski definition) is 6. The molecule has 1 saturated heterocycles. The number of nitrogens with zero attached hydrogens (tertiary/aromatic N) is 5. The molecule has 8 heteroatoms. The summed E-state index contributed by atoms with van der Waals surface area (Å²) in [5, 5.41) is 7.09. The normalized spacial score (nSPS) is 18.0. The van der Waals surface area contributed by atoms with Gasteiger partial charge in [-0.25, -0.2) is 9.97 Å². The van der Waals surface area contributed by atoms with Gasteiger partial charge in [-0.1, -0.05) is 0 Å². The van der Waals surface area contributed by atoms with E-state index in [0.29, 0.717) is 31.3 Å². The largest absolute Gasteiger partial charge is 0.377 e. The minimum absolute atomic E-state index is 0.0885. The maximum absolute atomic E-state index is 12.8. The van der Waals surface area contributed by atoms with Crippen molar-refractivity contribution < 1.29 is 9.53 Å². The highest BCUT2D eigenvalue weighted by Crippen LogP contribution is 2.24. The molecule has 0 unspecified atom stereocenters. The number of morpholine rings is 1. The zero-order chi connectivity index (χ0) is 16.4. The second kappa shape index (κ2) is 6.33. The third kappa shape index (κ3) is 3.02. The van der Waals surface area contributed by atoms with E-state index < -0.39 is 0 Å². The molecule has 3 heterocycles. The Labute approximate surface area is 134 Å². The van der Waals surface area contributed by atoms with E-state index in [0.717, 1.165) is 11.5 Å². The lowest BCUT2D eigenvalue weighted by Gasteiger charge is -2.34. The van der Waals surface area contributed by atoms with Crippen molar-refractivity contribution in [3.8, 4) is 0 Å². The van der Waals surface area contributed by atoms with E-state index >= 15 is 0 Å². The summed E-state index contributed by atoms with van der Waals surface area (Å²) in [5.74, 6) is 1.23. The van der Waals surface area contributed by atoms with Gasteiger partial charge in [0.1, 0.15) is 17.6 Å². The first-order valence-corrected chi connectivity index (χ1v) is 7.50. The van der Waals surface area contributed by atoms with Crippen molar-refractivity contribution in [3.05, 3.63) is 35.5 Å². The van der Waals surface area contributed by atoms with Crippen molar-refractivity contribution >= 4 is 11.7 Å².